The zero-order valence-electron chi connectivity index (χ0n) is 12.9. The molecule has 4 heteroatoms. The first-order valence-electron chi connectivity index (χ1n) is 6.88. The van der Waals surface area contributed by atoms with Gasteiger partial charge in [-0.15, -0.1) is 0 Å². The summed E-state index contributed by atoms with van der Waals surface area (Å²) in [7, 11) is 1.61. The number of methoxy groups -OCH3 is 1. The van der Waals surface area contributed by atoms with Gasteiger partial charge in [0.25, 0.3) is 0 Å². The van der Waals surface area contributed by atoms with E-state index in [9.17, 15) is 0 Å². The number of rotatable bonds is 4. The lowest BCUT2D eigenvalue weighted by Crippen LogP contribution is -2.28. The summed E-state index contributed by atoms with van der Waals surface area (Å²) >= 11 is 0. The number of nitrogens with zero attached hydrogens (tertiary/aromatic N) is 1. The molecule has 0 aliphatic carbocycles. The summed E-state index contributed by atoms with van der Waals surface area (Å²) in [6.45, 7) is 6.20. The molecule has 4 nitrogen and oxygen atoms in total. The van der Waals surface area contributed by atoms with E-state index in [1.54, 1.807) is 13.3 Å². The highest BCUT2D eigenvalue weighted by Crippen LogP contribution is 2.25. The van der Waals surface area contributed by atoms with Gasteiger partial charge in [-0.2, -0.15) is 0 Å². The van der Waals surface area contributed by atoms with E-state index in [0.29, 0.717) is 17.3 Å². The second kappa shape index (κ2) is 5.95. The van der Waals surface area contributed by atoms with E-state index in [2.05, 4.69) is 31.1 Å². The first kappa shape index (κ1) is 15.0. The summed E-state index contributed by atoms with van der Waals surface area (Å²) in [5.41, 5.74) is 1.79. The Bertz CT molecular complexity index is 644. The maximum absolute atomic E-state index is 8.50. The Morgan fingerprint density at radius 3 is 2.43 bits per heavy atom. The fourth-order valence-corrected chi connectivity index (χ4v) is 2.06. The van der Waals surface area contributed by atoms with Crippen molar-refractivity contribution >= 4 is 11.5 Å². The molecule has 1 aromatic carbocycles. The smallest absolute Gasteiger partial charge is 0.135 e. The van der Waals surface area contributed by atoms with Crippen LogP contribution in [0.4, 0.5) is 5.82 Å². The van der Waals surface area contributed by atoms with Crippen LogP contribution in [0.15, 0.2) is 42.6 Å². The van der Waals surface area contributed by atoms with Gasteiger partial charge in [-0.3, -0.25) is 5.41 Å². The Hall–Kier alpha value is -2.36. The number of para-hydroxylation sites is 1. The number of pyridine rings is 1. The molecule has 0 unspecified atom stereocenters. The highest BCUT2D eigenvalue weighted by atomic mass is 16.5. The summed E-state index contributed by atoms with van der Waals surface area (Å²) < 4.78 is 5.35. The lowest BCUT2D eigenvalue weighted by molar-refractivity contribution is 0.414. The molecule has 2 N–H and O–H groups in total. The Morgan fingerprint density at radius 1 is 1.10 bits per heavy atom. The topological polar surface area (TPSA) is 58.0 Å². The molecule has 21 heavy (non-hydrogen) atoms. The van der Waals surface area contributed by atoms with E-state index in [0.717, 1.165) is 11.1 Å². The Balaban J connectivity index is 2.44. The van der Waals surface area contributed by atoms with Crippen LogP contribution in [0.1, 0.15) is 31.9 Å². The molecule has 2 rings (SSSR count). The third-order valence-corrected chi connectivity index (χ3v) is 2.95. The third-order valence-electron chi connectivity index (χ3n) is 2.95. The van der Waals surface area contributed by atoms with Crippen molar-refractivity contribution in [2.75, 3.05) is 12.4 Å². The molecule has 0 saturated carbocycles. The van der Waals surface area contributed by atoms with Crippen LogP contribution < -0.4 is 10.1 Å². The largest absolute Gasteiger partial charge is 0.496 e. The summed E-state index contributed by atoms with van der Waals surface area (Å²) in [5.74, 6) is 1.40. The molecule has 1 heterocycles. The molecule has 0 aliphatic heterocycles. The van der Waals surface area contributed by atoms with Crippen LogP contribution in [-0.2, 0) is 0 Å². The molecule has 0 fully saturated rings. The van der Waals surface area contributed by atoms with Gasteiger partial charge in [-0.1, -0.05) is 12.1 Å². The van der Waals surface area contributed by atoms with Crippen LogP contribution in [0.25, 0.3) is 0 Å². The molecule has 0 radical (unpaired) electrons. The molecular formula is C17H21N3O. The number of aromatic nitrogens is 1. The van der Waals surface area contributed by atoms with Gasteiger partial charge in [0.2, 0.25) is 0 Å². The number of hydrogen-bond donors (Lipinski definition) is 2. The number of ether oxygens (including phenoxy) is 1. The molecule has 0 spiro atoms. The van der Waals surface area contributed by atoms with Crippen molar-refractivity contribution < 1.29 is 4.74 Å². The van der Waals surface area contributed by atoms with Gasteiger partial charge < -0.3 is 10.1 Å². The molecule has 0 bridgehead atoms. The van der Waals surface area contributed by atoms with Crippen molar-refractivity contribution in [1.29, 1.82) is 5.41 Å². The number of benzene rings is 1. The lowest BCUT2D eigenvalue weighted by atomic mass is 10.0. The van der Waals surface area contributed by atoms with E-state index in [1.165, 1.54) is 0 Å². The highest BCUT2D eigenvalue weighted by Gasteiger charge is 2.18. The summed E-state index contributed by atoms with van der Waals surface area (Å²) in [6, 6.07) is 11.3. The van der Waals surface area contributed by atoms with Crippen LogP contribution in [0.3, 0.4) is 0 Å². The molecule has 1 aromatic heterocycles. The van der Waals surface area contributed by atoms with Crippen molar-refractivity contribution in [2.24, 2.45) is 0 Å². The van der Waals surface area contributed by atoms with Crippen LogP contribution in [0, 0.1) is 5.41 Å². The van der Waals surface area contributed by atoms with E-state index in [-0.39, 0.29) is 5.54 Å². The normalized spacial score (nSPS) is 11.0. The SMILES string of the molecule is COc1ccccc1C(=N)c1cccnc1NC(C)(C)C. The predicted octanol–water partition coefficient (Wildman–Crippen LogP) is 3.72. The van der Waals surface area contributed by atoms with Crippen molar-refractivity contribution in [3.8, 4) is 5.75 Å². The van der Waals surface area contributed by atoms with Crippen molar-refractivity contribution in [3.05, 3.63) is 53.7 Å². The maximum atomic E-state index is 8.50. The maximum Gasteiger partial charge on any atom is 0.135 e. The zero-order chi connectivity index (χ0) is 15.5. The molecule has 110 valence electrons. The zero-order valence-corrected chi connectivity index (χ0v) is 12.9. The monoisotopic (exact) mass is 283 g/mol. The Labute approximate surface area is 125 Å². The summed E-state index contributed by atoms with van der Waals surface area (Å²) in [4.78, 5) is 4.37. The summed E-state index contributed by atoms with van der Waals surface area (Å²) in [5, 5.41) is 11.8. The number of hydrogen-bond acceptors (Lipinski definition) is 4. The first-order valence-corrected chi connectivity index (χ1v) is 6.88. The van der Waals surface area contributed by atoms with Crippen LogP contribution >= 0.6 is 0 Å². The number of anilines is 1. The molecule has 0 amide bonds. The van der Waals surface area contributed by atoms with Gasteiger partial charge in [0.05, 0.1) is 12.8 Å². The Kier molecular flexibility index (Phi) is 4.26. The van der Waals surface area contributed by atoms with Gasteiger partial charge in [-0.05, 0) is 45.0 Å². The second-order valence-corrected chi connectivity index (χ2v) is 5.85. The average Bonchev–Trinajstić information content (AvgIpc) is 2.45. The Morgan fingerprint density at radius 2 is 1.76 bits per heavy atom. The molecular weight excluding hydrogens is 262 g/mol. The third kappa shape index (κ3) is 3.60. The summed E-state index contributed by atoms with van der Waals surface area (Å²) in [6.07, 6.45) is 1.73. The highest BCUT2D eigenvalue weighted by molar-refractivity contribution is 6.15. The van der Waals surface area contributed by atoms with E-state index < -0.39 is 0 Å². The van der Waals surface area contributed by atoms with Crippen molar-refractivity contribution in [1.82, 2.24) is 4.98 Å². The van der Waals surface area contributed by atoms with Crippen molar-refractivity contribution in [3.63, 3.8) is 0 Å². The van der Waals surface area contributed by atoms with E-state index in [4.69, 9.17) is 10.1 Å². The second-order valence-electron chi connectivity index (χ2n) is 5.85. The molecule has 2 aromatic rings. The van der Waals surface area contributed by atoms with E-state index >= 15 is 0 Å². The molecule has 0 atom stereocenters. The van der Waals surface area contributed by atoms with Crippen LogP contribution in [0.2, 0.25) is 0 Å². The van der Waals surface area contributed by atoms with Gasteiger partial charge in [0, 0.05) is 22.9 Å². The van der Waals surface area contributed by atoms with Crippen molar-refractivity contribution in [2.45, 2.75) is 26.3 Å². The average molecular weight is 283 g/mol. The standard InChI is InChI=1S/C17H21N3O/c1-17(2,3)20-16-13(9-7-11-19-16)15(18)12-8-5-6-10-14(12)21-4/h5-11,18H,1-4H3,(H,19,20). The van der Waals surface area contributed by atoms with Crippen LogP contribution in [0.5, 0.6) is 5.75 Å². The van der Waals surface area contributed by atoms with Gasteiger partial charge in [0.15, 0.2) is 0 Å². The lowest BCUT2D eigenvalue weighted by Gasteiger charge is -2.23. The fourth-order valence-electron chi connectivity index (χ4n) is 2.06. The molecule has 0 aliphatic rings. The number of nitrogens with one attached hydrogen (secondary N) is 2. The van der Waals surface area contributed by atoms with Gasteiger partial charge in [-0.25, -0.2) is 4.98 Å². The minimum Gasteiger partial charge on any atom is -0.496 e. The van der Waals surface area contributed by atoms with Crippen LogP contribution in [-0.4, -0.2) is 23.3 Å². The first-order chi connectivity index (χ1) is 9.92. The van der Waals surface area contributed by atoms with Gasteiger partial charge >= 0.3 is 0 Å². The minimum atomic E-state index is -0.121. The van der Waals surface area contributed by atoms with E-state index in [1.807, 2.05) is 36.4 Å². The molecule has 0 saturated heterocycles. The predicted molar refractivity (Wildman–Crippen MR) is 86.5 cm³/mol. The minimum absolute atomic E-state index is 0.121. The fraction of sp³-hybridized carbons (Fsp3) is 0.294. The quantitative estimate of drug-likeness (QED) is 0.841. The van der Waals surface area contributed by atoms with Gasteiger partial charge in [0.1, 0.15) is 11.6 Å².